The van der Waals surface area contributed by atoms with Crippen molar-refractivity contribution < 1.29 is 24.2 Å². The molecule has 0 amide bonds. The number of carboxylic acids is 2. The Morgan fingerprint density at radius 1 is 0.775 bits per heavy atom. The van der Waals surface area contributed by atoms with Crippen molar-refractivity contribution in [2.45, 2.75) is 69.7 Å². The van der Waals surface area contributed by atoms with Crippen molar-refractivity contribution in [2.24, 2.45) is 5.92 Å². The lowest BCUT2D eigenvalue weighted by Crippen LogP contribution is -2.53. The average Bonchev–Trinajstić information content (AvgIpc) is 2.93. The van der Waals surface area contributed by atoms with E-state index in [-0.39, 0.29) is 11.5 Å². The SMILES string of the molecule is CC(C)(C)[Si](C)(C)OCCC[C@@H](C[C@H](NC(c1ccccc1)(c1ccccc1)c1ccccc1)C(=O)O)C(=O)O. The highest BCUT2D eigenvalue weighted by Crippen LogP contribution is 2.38. The van der Waals surface area contributed by atoms with E-state index in [4.69, 9.17) is 4.43 Å². The van der Waals surface area contributed by atoms with Crippen molar-refractivity contribution in [1.29, 1.82) is 0 Å². The normalized spacial score (nSPS) is 13.9. The number of nitrogens with one attached hydrogen (secondary N) is 1. The van der Waals surface area contributed by atoms with Gasteiger partial charge >= 0.3 is 11.9 Å². The molecule has 3 aromatic carbocycles. The molecule has 2 atom stereocenters. The van der Waals surface area contributed by atoms with Crippen molar-refractivity contribution in [3.63, 3.8) is 0 Å². The number of rotatable bonds is 14. The van der Waals surface area contributed by atoms with E-state index in [1.54, 1.807) is 0 Å². The second-order valence-electron chi connectivity index (χ2n) is 11.9. The summed E-state index contributed by atoms with van der Waals surface area (Å²) >= 11 is 0. The van der Waals surface area contributed by atoms with Gasteiger partial charge in [0.15, 0.2) is 8.32 Å². The summed E-state index contributed by atoms with van der Waals surface area (Å²) in [6.45, 7) is 11.3. The minimum Gasteiger partial charge on any atom is -0.481 e. The number of hydrogen-bond donors (Lipinski definition) is 3. The summed E-state index contributed by atoms with van der Waals surface area (Å²) < 4.78 is 6.24. The summed E-state index contributed by atoms with van der Waals surface area (Å²) in [5.74, 6) is -2.92. The fourth-order valence-corrected chi connectivity index (χ4v) is 5.89. The van der Waals surface area contributed by atoms with Gasteiger partial charge in [-0.15, -0.1) is 0 Å². The highest BCUT2D eigenvalue weighted by atomic mass is 28.4. The van der Waals surface area contributed by atoms with Crippen LogP contribution >= 0.6 is 0 Å². The second-order valence-corrected chi connectivity index (χ2v) is 16.7. The Labute approximate surface area is 239 Å². The molecule has 7 heteroatoms. The van der Waals surface area contributed by atoms with Gasteiger partial charge in [0.1, 0.15) is 6.04 Å². The van der Waals surface area contributed by atoms with Gasteiger partial charge in [-0.25, -0.2) is 0 Å². The van der Waals surface area contributed by atoms with Gasteiger partial charge in [-0.2, -0.15) is 0 Å². The minimum atomic E-state index is -1.95. The average molecular weight is 562 g/mol. The van der Waals surface area contributed by atoms with Crippen molar-refractivity contribution in [3.05, 3.63) is 108 Å². The van der Waals surface area contributed by atoms with E-state index in [9.17, 15) is 19.8 Å². The van der Waals surface area contributed by atoms with Crippen LogP contribution in [-0.2, 0) is 19.6 Å². The first kappa shape index (κ1) is 31.3. The zero-order valence-corrected chi connectivity index (χ0v) is 25.3. The van der Waals surface area contributed by atoms with Gasteiger partial charge in [0.05, 0.1) is 11.5 Å². The molecule has 0 spiro atoms. The third-order valence-corrected chi connectivity index (χ3v) is 12.7. The summed E-state index contributed by atoms with van der Waals surface area (Å²) in [4.78, 5) is 25.1. The third kappa shape index (κ3) is 7.47. The topological polar surface area (TPSA) is 95.9 Å². The van der Waals surface area contributed by atoms with E-state index in [1.165, 1.54) is 0 Å². The highest BCUT2D eigenvalue weighted by Gasteiger charge is 2.41. The van der Waals surface area contributed by atoms with Gasteiger partial charge in [0.25, 0.3) is 0 Å². The molecule has 3 aromatic rings. The third-order valence-electron chi connectivity index (χ3n) is 8.14. The van der Waals surface area contributed by atoms with Crippen LogP contribution in [0.3, 0.4) is 0 Å². The van der Waals surface area contributed by atoms with Crippen LogP contribution in [0, 0.1) is 5.92 Å². The molecule has 0 aliphatic rings. The fourth-order valence-electron chi connectivity index (χ4n) is 4.80. The Bertz CT molecular complexity index is 1130. The largest absolute Gasteiger partial charge is 0.481 e. The predicted octanol–water partition coefficient (Wildman–Crippen LogP) is 6.91. The first-order valence-electron chi connectivity index (χ1n) is 13.9. The number of aliphatic carboxylic acids is 2. The molecule has 3 N–H and O–H groups in total. The highest BCUT2D eigenvalue weighted by molar-refractivity contribution is 6.74. The smallest absolute Gasteiger partial charge is 0.320 e. The molecule has 0 heterocycles. The molecular weight excluding hydrogens is 518 g/mol. The second kappa shape index (κ2) is 13.4. The molecule has 0 aliphatic carbocycles. The minimum absolute atomic E-state index is 0.0565. The van der Waals surface area contributed by atoms with Crippen LogP contribution in [0.15, 0.2) is 91.0 Å². The Hall–Kier alpha value is -3.26. The lowest BCUT2D eigenvalue weighted by molar-refractivity contribution is -0.144. The van der Waals surface area contributed by atoms with Crippen LogP contribution in [0.1, 0.15) is 56.7 Å². The molecule has 0 aliphatic heterocycles. The molecule has 214 valence electrons. The summed E-state index contributed by atoms with van der Waals surface area (Å²) in [6, 6.07) is 28.0. The van der Waals surface area contributed by atoms with Crippen LogP contribution in [0.25, 0.3) is 0 Å². The van der Waals surface area contributed by atoms with E-state index >= 15 is 0 Å². The van der Waals surface area contributed by atoms with Crippen LogP contribution in [0.5, 0.6) is 0 Å². The van der Waals surface area contributed by atoms with Crippen molar-refractivity contribution >= 4 is 20.3 Å². The monoisotopic (exact) mass is 561 g/mol. The number of carbonyl (C=O) groups is 2. The van der Waals surface area contributed by atoms with E-state index in [0.717, 1.165) is 16.7 Å². The number of benzene rings is 3. The molecule has 0 unspecified atom stereocenters. The Kier molecular flexibility index (Phi) is 10.5. The van der Waals surface area contributed by atoms with Crippen molar-refractivity contribution in [3.8, 4) is 0 Å². The maximum Gasteiger partial charge on any atom is 0.320 e. The first-order chi connectivity index (χ1) is 18.9. The van der Waals surface area contributed by atoms with Gasteiger partial charge in [-0.3, -0.25) is 14.9 Å². The van der Waals surface area contributed by atoms with Crippen LogP contribution in [0.4, 0.5) is 0 Å². The number of carboxylic acid groups (broad SMARTS) is 2. The lowest BCUT2D eigenvalue weighted by atomic mass is 9.76. The van der Waals surface area contributed by atoms with E-state index < -0.39 is 37.8 Å². The maximum atomic E-state index is 12.7. The molecule has 0 saturated carbocycles. The van der Waals surface area contributed by atoms with Gasteiger partial charge in [-0.1, -0.05) is 112 Å². The van der Waals surface area contributed by atoms with Crippen LogP contribution in [0.2, 0.25) is 18.1 Å². The van der Waals surface area contributed by atoms with Gasteiger partial charge in [0.2, 0.25) is 0 Å². The summed E-state index contributed by atoms with van der Waals surface area (Å²) in [5.41, 5.74) is 1.59. The molecule has 40 heavy (non-hydrogen) atoms. The number of hydrogen-bond acceptors (Lipinski definition) is 4. The van der Waals surface area contributed by atoms with Crippen molar-refractivity contribution in [1.82, 2.24) is 5.32 Å². The molecule has 6 nitrogen and oxygen atoms in total. The Morgan fingerprint density at radius 3 is 1.55 bits per heavy atom. The van der Waals surface area contributed by atoms with E-state index in [1.807, 2.05) is 91.0 Å². The molecule has 0 fully saturated rings. The Balaban J connectivity index is 1.94. The van der Waals surface area contributed by atoms with Gasteiger partial charge in [-0.05, 0) is 54.1 Å². The summed E-state index contributed by atoms with van der Waals surface area (Å²) in [6.07, 6.45) is 0.834. The fraction of sp³-hybridized carbons (Fsp3) is 0.394. The van der Waals surface area contributed by atoms with Gasteiger partial charge < -0.3 is 14.6 Å². The first-order valence-corrected chi connectivity index (χ1v) is 16.8. The van der Waals surface area contributed by atoms with Gasteiger partial charge in [0, 0.05) is 6.61 Å². The van der Waals surface area contributed by atoms with Crippen LogP contribution < -0.4 is 5.32 Å². The molecule has 3 rings (SSSR count). The van der Waals surface area contributed by atoms with Crippen LogP contribution in [-0.4, -0.2) is 43.1 Å². The molecular formula is C33H43NO5Si. The lowest BCUT2D eigenvalue weighted by Gasteiger charge is -2.39. The molecule has 0 saturated heterocycles. The predicted molar refractivity (Wildman–Crippen MR) is 162 cm³/mol. The zero-order valence-electron chi connectivity index (χ0n) is 24.3. The molecule has 0 aromatic heterocycles. The summed E-state index contributed by atoms with van der Waals surface area (Å²) in [5, 5.41) is 24.0. The summed E-state index contributed by atoms with van der Waals surface area (Å²) in [7, 11) is -1.95. The van der Waals surface area contributed by atoms with E-state index in [0.29, 0.717) is 19.4 Å². The maximum absolute atomic E-state index is 12.7. The standard InChI is InChI=1S/C33H43NO5Si/c1-32(2,3)40(4,5)39-23-15-16-25(30(35)36)24-29(31(37)38)34-33(26-17-9-6-10-18-26,27-19-11-7-12-20-27)28-21-13-8-14-22-28/h6-14,17-22,25,29,34H,15-16,23-24H2,1-5H3,(H,35,36)(H,37,38)/t25-,29-/m0/s1. The van der Waals surface area contributed by atoms with Crippen molar-refractivity contribution in [2.75, 3.05) is 6.61 Å². The molecule has 0 bridgehead atoms. The zero-order chi connectivity index (χ0) is 29.4. The Morgan fingerprint density at radius 2 is 1.20 bits per heavy atom. The van der Waals surface area contributed by atoms with E-state index in [2.05, 4.69) is 39.2 Å². The molecule has 0 radical (unpaired) electrons. The quantitative estimate of drug-likeness (QED) is 0.112.